The number of halogens is 1. The summed E-state index contributed by atoms with van der Waals surface area (Å²) in [5, 5.41) is 12.0. The van der Waals surface area contributed by atoms with Crippen LogP contribution in [0.25, 0.3) is 0 Å². The van der Waals surface area contributed by atoms with Crippen molar-refractivity contribution in [2.75, 3.05) is 13.3 Å². The molecule has 0 saturated carbocycles. The van der Waals surface area contributed by atoms with Gasteiger partial charge >= 0.3 is 5.97 Å². The molecule has 1 atom stereocenters. The smallest absolute Gasteiger partial charge is 0.338 e. The van der Waals surface area contributed by atoms with Crippen LogP contribution in [-0.4, -0.2) is 46.6 Å². The topological polar surface area (TPSA) is 101 Å². The van der Waals surface area contributed by atoms with Crippen molar-refractivity contribution in [3.8, 4) is 0 Å². The molecule has 0 aliphatic carbocycles. The highest BCUT2D eigenvalue weighted by molar-refractivity contribution is 6.17. The van der Waals surface area contributed by atoms with Crippen molar-refractivity contribution in [1.29, 1.82) is 0 Å². The van der Waals surface area contributed by atoms with Crippen LogP contribution in [0.15, 0.2) is 17.3 Å². The van der Waals surface area contributed by atoms with Crippen LogP contribution in [0.2, 0.25) is 0 Å². The third-order valence-electron chi connectivity index (χ3n) is 4.05. The first-order valence-electron chi connectivity index (χ1n) is 7.57. The fourth-order valence-corrected chi connectivity index (χ4v) is 2.23. The Kier molecular flexibility index (Phi) is 5.28. The maximum atomic E-state index is 12.2. The number of nitrogens with zero attached hydrogens (tertiary/aromatic N) is 2. The summed E-state index contributed by atoms with van der Waals surface area (Å²) < 4.78 is 17.1. The van der Waals surface area contributed by atoms with E-state index >= 15 is 0 Å². The Morgan fingerprint density at radius 3 is 2.75 bits per heavy atom. The van der Waals surface area contributed by atoms with Crippen molar-refractivity contribution < 1.29 is 23.8 Å². The van der Waals surface area contributed by atoms with Crippen molar-refractivity contribution in [3.05, 3.63) is 29.1 Å². The van der Waals surface area contributed by atoms with Crippen LogP contribution in [0.4, 0.5) is 4.39 Å². The number of carbonyl (C=O) groups excluding carboxylic acids is 1. The molecule has 0 fully saturated rings. The number of aromatic carboxylic acids is 1. The molecule has 1 aliphatic rings. The van der Waals surface area contributed by atoms with E-state index in [1.165, 1.54) is 12.3 Å². The Labute approximate surface area is 139 Å². The van der Waals surface area contributed by atoms with E-state index in [0.717, 1.165) is 0 Å². The van der Waals surface area contributed by atoms with Gasteiger partial charge in [-0.25, -0.2) is 14.2 Å². The molecule has 8 heteroatoms. The molecule has 1 aromatic heterocycles. The molecule has 1 aromatic rings. The molecule has 0 bridgehead atoms. The Balaban J connectivity index is 2.37. The van der Waals surface area contributed by atoms with Gasteiger partial charge in [-0.05, 0) is 24.5 Å². The number of aliphatic imine (C=N–C) groups is 1. The molecule has 1 aliphatic heterocycles. The lowest BCUT2D eigenvalue weighted by Crippen LogP contribution is -2.41. The number of aromatic nitrogens is 1. The van der Waals surface area contributed by atoms with Crippen LogP contribution in [0.3, 0.4) is 0 Å². The van der Waals surface area contributed by atoms with Crippen LogP contribution in [-0.2, 0) is 16.1 Å². The van der Waals surface area contributed by atoms with Gasteiger partial charge in [0.15, 0.2) is 5.84 Å². The largest absolute Gasteiger partial charge is 0.478 e. The van der Waals surface area contributed by atoms with Crippen molar-refractivity contribution in [1.82, 2.24) is 10.3 Å². The number of pyridine rings is 1. The lowest BCUT2D eigenvalue weighted by Gasteiger charge is -2.21. The van der Waals surface area contributed by atoms with E-state index in [0.29, 0.717) is 5.56 Å². The van der Waals surface area contributed by atoms with E-state index < -0.39 is 18.2 Å². The highest BCUT2D eigenvalue weighted by Crippen LogP contribution is 2.27. The number of carbonyl (C=O) groups is 2. The number of amides is 1. The number of amidine groups is 1. The third-order valence-corrected chi connectivity index (χ3v) is 4.05. The molecule has 0 saturated heterocycles. The second-order valence-electron chi connectivity index (χ2n) is 6.00. The maximum Gasteiger partial charge on any atom is 0.338 e. The zero-order chi connectivity index (χ0) is 17.9. The van der Waals surface area contributed by atoms with Gasteiger partial charge in [-0.2, -0.15) is 0 Å². The van der Waals surface area contributed by atoms with E-state index in [1.54, 1.807) is 6.92 Å². The van der Waals surface area contributed by atoms with Crippen molar-refractivity contribution in [2.24, 2.45) is 10.9 Å². The first kappa shape index (κ1) is 18.0. The molecular formula is C16H20FN3O4. The summed E-state index contributed by atoms with van der Waals surface area (Å²) in [6.45, 7) is 4.79. The van der Waals surface area contributed by atoms with E-state index in [4.69, 9.17) is 4.74 Å². The third kappa shape index (κ3) is 3.43. The molecule has 1 unspecified atom stereocenters. The van der Waals surface area contributed by atoms with Crippen LogP contribution >= 0.6 is 0 Å². The number of rotatable bonds is 7. The van der Waals surface area contributed by atoms with Crippen molar-refractivity contribution >= 4 is 17.7 Å². The quantitative estimate of drug-likeness (QED) is 0.735. The Morgan fingerprint density at radius 1 is 1.50 bits per heavy atom. The lowest BCUT2D eigenvalue weighted by molar-refractivity contribution is -0.124. The molecule has 2 heterocycles. The number of hydrogen-bond donors (Lipinski definition) is 2. The van der Waals surface area contributed by atoms with E-state index in [-0.39, 0.29) is 42.1 Å². The number of ether oxygens (including phenoxy) is 1. The van der Waals surface area contributed by atoms with Gasteiger partial charge in [-0.15, -0.1) is 0 Å². The average Bonchev–Trinajstić information content (AvgIpc) is 2.84. The molecule has 1 amide bonds. The summed E-state index contributed by atoms with van der Waals surface area (Å²) >= 11 is 0. The minimum Gasteiger partial charge on any atom is -0.478 e. The number of hydrogen-bond acceptors (Lipinski definition) is 5. The standard InChI is InChI=1S/C16H20FN3O4/c1-9(2)16(3)15(23)19-13(20-16)12-11(14(21)22)6-10(7-18-12)8-24-5-4-17/h6-7,9H,4-5,8H2,1-3H3,(H,21,22)(H,19,20,23). The Bertz CT molecular complexity index is 690. The zero-order valence-electron chi connectivity index (χ0n) is 13.8. The van der Waals surface area contributed by atoms with Gasteiger partial charge in [0, 0.05) is 6.20 Å². The fourth-order valence-electron chi connectivity index (χ4n) is 2.23. The summed E-state index contributed by atoms with van der Waals surface area (Å²) in [7, 11) is 0. The first-order chi connectivity index (χ1) is 11.3. The fraction of sp³-hybridized carbons (Fsp3) is 0.500. The van der Waals surface area contributed by atoms with Crippen LogP contribution < -0.4 is 5.32 Å². The molecule has 7 nitrogen and oxygen atoms in total. The van der Waals surface area contributed by atoms with Gasteiger partial charge in [0.25, 0.3) is 5.91 Å². The number of carboxylic acid groups (broad SMARTS) is 1. The van der Waals surface area contributed by atoms with Gasteiger partial charge in [-0.1, -0.05) is 13.8 Å². The molecule has 2 N–H and O–H groups in total. The predicted octanol–water partition coefficient (Wildman–Crippen LogP) is 1.56. The summed E-state index contributed by atoms with van der Waals surface area (Å²) in [5.74, 6) is -1.40. The highest BCUT2D eigenvalue weighted by atomic mass is 19.1. The van der Waals surface area contributed by atoms with Gasteiger partial charge < -0.3 is 15.2 Å². The molecule has 0 radical (unpaired) electrons. The van der Waals surface area contributed by atoms with Crippen molar-refractivity contribution in [3.63, 3.8) is 0 Å². The molecule has 2 rings (SSSR count). The molecule has 130 valence electrons. The highest BCUT2D eigenvalue weighted by Gasteiger charge is 2.43. The van der Waals surface area contributed by atoms with Crippen LogP contribution in [0.1, 0.15) is 42.4 Å². The molecule has 0 spiro atoms. The van der Waals surface area contributed by atoms with E-state index in [2.05, 4.69) is 15.3 Å². The summed E-state index contributed by atoms with van der Waals surface area (Å²) in [4.78, 5) is 32.2. The SMILES string of the molecule is CC(C)C1(C)N=C(c2ncc(COCCF)cc2C(=O)O)NC1=O. The normalized spacial score (nSPS) is 20.2. The minimum absolute atomic E-state index is 0.0556. The summed E-state index contributed by atoms with van der Waals surface area (Å²) in [5.41, 5.74) is -0.464. The van der Waals surface area contributed by atoms with Crippen molar-refractivity contribution in [2.45, 2.75) is 32.9 Å². The van der Waals surface area contributed by atoms with Crippen LogP contribution in [0.5, 0.6) is 0 Å². The van der Waals surface area contributed by atoms with Gasteiger partial charge in [-0.3, -0.25) is 9.78 Å². The second kappa shape index (κ2) is 7.04. The molecule has 24 heavy (non-hydrogen) atoms. The maximum absolute atomic E-state index is 12.2. The Morgan fingerprint density at radius 2 is 2.21 bits per heavy atom. The first-order valence-corrected chi connectivity index (χ1v) is 7.57. The molecule has 0 aromatic carbocycles. The minimum atomic E-state index is -1.19. The predicted molar refractivity (Wildman–Crippen MR) is 84.8 cm³/mol. The van der Waals surface area contributed by atoms with E-state index in [1.807, 2.05) is 13.8 Å². The lowest BCUT2D eigenvalue weighted by atomic mass is 9.89. The zero-order valence-corrected chi connectivity index (χ0v) is 13.8. The monoisotopic (exact) mass is 337 g/mol. The van der Waals surface area contributed by atoms with Gasteiger partial charge in [0.2, 0.25) is 0 Å². The van der Waals surface area contributed by atoms with E-state index in [9.17, 15) is 19.1 Å². The summed E-state index contributed by atoms with van der Waals surface area (Å²) in [6, 6.07) is 1.39. The second-order valence-corrected chi connectivity index (χ2v) is 6.00. The van der Waals surface area contributed by atoms with Gasteiger partial charge in [0.1, 0.15) is 17.9 Å². The number of nitrogens with one attached hydrogen (secondary N) is 1. The van der Waals surface area contributed by atoms with Gasteiger partial charge in [0.05, 0.1) is 18.8 Å². The average molecular weight is 337 g/mol. The van der Waals surface area contributed by atoms with Crippen LogP contribution in [0, 0.1) is 5.92 Å². The Hall–Kier alpha value is -2.35. The number of alkyl halides is 1. The molecular weight excluding hydrogens is 317 g/mol. The number of carboxylic acids is 1. The summed E-state index contributed by atoms with van der Waals surface area (Å²) in [6.07, 6.45) is 1.43.